The molecule has 2 fully saturated rings. The molecule has 0 aliphatic carbocycles. The summed E-state index contributed by atoms with van der Waals surface area (Å²) in [6.07, 6.45) is 1.69. The van der Waals surface area contributed by atoms with Crippen LogP contribution in [0.4, 0.5) is 33.4 Å². The number of hydrogen-bond donors (Lipinski definition) is 2. The average molecular weight is 840 g/mol. The van der Waals surface area contributed by atoms with Crippen molar-refractivity contribution >= 4 is 67.3 Å². The predicted octanol–water partition coefficient (Wildman–Crippen LogP) is 6.92. The van der Waals surface area contributed by atoms with Crippen LogP contribution in [0.2, 0.25) is 0 Å². The van der Waals surface area contributed by atoms with Crippen molar-refractivity contribution in [3.63, 3.8) is 0 Å². The number of nitro benzene ring substituents is 1. The molecule has 0 saturated carbocycles. The number of hydrogen-bond acceptors (Lipinski definition) is 13. The summed E-state index contributed by atoms with van der Waals surface area (Å²) in [6, 6.07) is 27.3. The maximum absolute atomic E-state index is 13.7. The molecule has 1 amide bonds. The van der Waals surface area contributed by atoms with Gasteiger partial charge >= 0.3 is 6.09 Å². The molecule has 0 spiro atoms. The lowest BCUT2D eigenvalue weighted by Gasteiger charge is -2.36. The van der Waals surface area contributed by atoms with Crippen LogP contribution in [0.15, 0.2) is 107 Å². The number of nitro groups is 1. The molecule has 2 N–H and O–H groups in total. The van der Waals surface area contributed by atoms with Crippen LogP contribution in [0.25, 0.3) is 10.9 Å². The maximum Gasteiger partial charge on any atom is 0.415 e. The zero-order valence-corrected chi connectivity index (χ0v) is 35.2. The molecule has 5 aromatic rings. The highest BCUT2D eigenvalue weighted by Gasteiger charge is 2.39. The number of para-hydroxylation sites is 1. The summed E-state index contributed by atoms with van der Waals surface area (Å²) in [6.45, 7) is 8.86. The molecule has 15 nitrogen and oxygen atoms in total. The summed E-state index contributed by atoms with van der Waals surface area (Å²) >= 11 is 1.65. The summed E-state index contributed by atoms with van der Waals surface area (Å²) in [7, 11) is -0.339. The molecule has 1 unspecified atom stereocenters. The van der Waals surface area contributed by atoms with Crippen molar-refractivity contribution in [2.24, 2.45) is 0 Å². The first-order chi connectivity index (χ1) is 28.2. The van der Waals surface area contributed by atoms with Gasteiger partial charge in [-0.05, 0) is 95.0 Å². The smallest absolute Gasteiger partial charge is 0.415 e. The van der Waals surface area contributed by atoms with Gasteiger partial charge in [0.1, 0.15) is 17.6 Å². The molecule has 2 saturated heterocycles. The van der Waals surface area contributed by atoms with Crippen molar-refractivity contribution in [2.75, 3.05) is 79.0 Å². The van der Waals surface area contributed by atoms with Crippen LogP contribution in [0.5, 0.6) is 0 Å². The Kier molecular flexibility index (Phi) is 12.6. The molecule has 4 aromatic carbocycles. The van der Waals surface area contributed by atoms with Crippen LogP contribution >= 0.6 is 11.8 Å². The molecule has 0 bridgehead atoms. The zero-order chi connectivity index (χ0) is 41.7. The zero-order valence-electron chi connectivity index (χ0n) is 33.6. The predicted molar refractivity (Wildman–Crippen MR) is 233 cm³/mol. The minimum absolute atomic E-state index is 0.0712. The van der Waals surface area contributed by atoms with E-state index in [2.05, 4.69) is 40.8 Å². The molecule has 59 heavy (non-hydrogen) atoms. The number of aromatic nitrogens is 2. The third-order valence-corrected chi connectivity index (χ3v) is 12.9. The van der Waals surface area contributed by atoms with Gasteiger partial charge in [-0.25, -0.2) is 23.2 Å². The van der Waals surface area contributed by atoms with Crippen LogP contribution in [-0.4, -0.2) is 110 Å². The number of carbonyl (C=O) groups is 1. The second kappa shape index (κ2) is 17.8. The first-order valence-corrected chi connectivity index (χ1v) is 21.9. The number of nitrogens with one attached hydrogen (secondary N) is 2. The largest absolute Gasteiger partial charge is 0.441 e. The van der Waals surface area contributed by atoms with E-state index in [-0.39, 0.29) is 34.2 Å². The number of cyclic esters (lactones) is 1. The Morgan fingerprint density at radius 1 is 0.966 bits per heavy atom. The van der Waals surface area contributed by atoms with Crippen molar-refractivity contribution in [3.05, 3.63) is 113 Å². The average Bonchev–Trinajstić information content (AvgIpc) is 3.50. The molecule has 17 heteroatoms. The minimum Gasteiger partial charge on any atom is -0.441 e. The van der Waals surface area contributed by atoms with Gasteiger partial charge in [0.05, 0.1) is 27.6 Å². The highest BCUT2D eigenvalue weighted by Crippen LogP contribution is 2.34. The number of carbonyl (C=O) groups excluding carboxylic acids is 1. The number of sulfonamides is 1. The maximum atomic E-state index is 13.7. The van der Waals surface area contributed by atoms with Crippen LogP contribution in [0.1, 0.15) is 25.8 Å². The van der Waals surface area contributed by atoms with Crippen LogP contribution in [-0.2, 0) is 21.3 Å². The topological polar surface area (TPSA) is 166 Å². The Hall–Kier alpha value is -5.49. The van der Waals surface area contributed by atoms with Gasteiger partial charge in [-0.2, -0.15) is 0 Å². The number of thioether (sulfide) groups is 1. The van der Waals surface area contributed by atoms with Crippen molar-refractivity contribution < 1.29 is 22.9 Å². The van der Waals surface area contributed by atoms with E-state index < -0.39 is 20.5 Å². The number of anilines is 4. The van der Waals surface area contributed by atoms with Gasteiger partial charge in [0.25, 0.3) is 15.7 Å². The monoisotopic (exact) mass is 839 g/mol. The number of fused-ring (bicyclic) bond motifs is 1. The molecule has 1 aromatic heterocycles. The first kappa shape index (κ1) is 41.7. The van der Waals surface area contributed by atoms with Gasteiger partial charge in [0, 0.05) is 66.6 Å². The Balaban J connectivity index is 1.02. The molecule has 7 rings (SSSR count). The van der Waals surface area contributed by atoms with E-state index in [1.807, 2.05) is 88.6 Å². The SMILES string of the molecule is CN(C)CCC(CSc1ccccc1)Nc1ccc(S(=O)(=O)Nc2ncnc3cc(N4CCN(Cc5ccccc5N5CC(C)(C)OC5=O)CC4)ccc23)cc1[N+](=O)[O-]. The second-order valence-electron chi connectivity index (χ2n) is 15.6. The lowest BCUT2D eigenvalue weighted by molar-refractivity contribution is -0.384. The van der Waals surface area contributed by atoms with Crippen LogP contribution in [0.3, 0.4) is 0 Å². The number of piperazine rings is 1. The third kappa shape index (κ3) is 10.2. The Bertz CT molecular complexity index is 2410. The van der Waals surface area contributed by atoms with Gasteiger partial charge in [-0.3, -0.25) is 24.6 Å². The number of benzene rings is 4. The van der Waals surface area contributed by atoms with E-state index >= 15 is 0 Å². The van der Waals surface area contributed by atoms with E-state index in [1.54, 1.807) is 22.7 Å². The van der Waals surface area contributed by atoms with Crippen molar-refractivity contribution in [1.82, 2.24) is 19.8 Å². The van der Waals surface area contributed by atoms with E-state index in [9.17, 15) is 23.3 Å². The van der Waals surface area contributed by atoms with E-state index in [4.69, 9.17) is 4.74 Å². The standard InChI is InChI=1S/C42H49N9O6S2/c1-42(2)28-50(41(52)57-42)38-13-9-8-10-30(38)26-48-20-22-49(23-21-48)32-14-16-35-37(24-32)43-29-44-40(35)46-59(55,56)34-15-17-36(39(25-34)51(53)54)45-31(18-19-47(3)4)27-58-33-11-6-5-7-12-33/h5-17,24-25,29,31,45H,18-23,26-28H2,1-4H3,(H,43,44,46). The highest BCUT2D eigenvalue weighted by atomic mass is 32.2. The van der Waals surface area contributed by atoms with E-state index in [0.717, 1.165) is 67.0 Å². The molecule has 3 heterocycles. The van der Waals surface area contributed by atoms with E-state index in [1.165, 1.54) is 18.5 Å². The van der Waals surface area contributed by atoms with Crippen LogP contribution in [0, 0.1) is 10.1 Å². The second-order valence-corrected chi connectivity index (χ2v) is 18.4. The van der Waals surface area contributed by atoms with Crippen molar-refractivity contribution in [3.8, 4) is 0 Å². The molecular weight excluding hydrogens is 791 g/mol. The Morgan fingerprint density at radius 3 is 2.42 bits per heavy atom. The summed E-state index contributed by atoms with van der Waals surface area (Å²) < 4.78 is 35.6. The van der Waals surface area contributed by atoms with Crippen LogP contribution < -0.4 is 19.8 Å². The Morgan fingerprint density at radius 2 is 1.71 bits per heavy atom. The third-order valence-electron chi connectivity index (χ3n) is 10.3. The minimum atomic E-state index is -4.28. The number of ether oxygens (including phenoxy) is 1. The summed E-state index contributed by atoms with van der Waals surface area (Å²) in [5.41, 5.74) is 2.79. The molecule has 310 valence electrons. The fourth-order valence-corrected chi connectivity index (χ4v) is 9.31. The van der Waals surface area contributed by atoms with Crippen molar-refractivity contribution in [2.45, 2.75) is 48.2 Å². The fourth-order valence-electron chi connectivity index (χ4n) is 7.27. The summed E-state index contributed by atoms with van der Waals surface area (Å²) in [5.74, 6) is 0.727. The molecule has 1 atom stereocenters. The molecule has 0 radical (unpaired) electrons. The van der Waals surface area contributed by atoms with Gasteiger partial charge < -0.3 is 19.9 Å². The summed E-state index contributed by atoms with van der Waals surface area (Å²) in [4.78, 5) is 42.3. The lowest BCUT2D eigenvalue weighted by atomic mass is 10.1. The fraction of sp³-hybridized carbons (Fsp3) is 0.357. The number of amides is 1. The number of rotatable bonds is 16. The number of nitrogens with zero attached hydrogens (tertiary/aromatic N) is 7. The van der Waals surface area contributed by atoms with Gasteiger partial charge in [-0.1, -0.05) is 36.4 Å². The van der Waals surface area contributed by atoms with Gasteiger partial charge in [0.15, 0.2) is 5.82 Å². The van der Waals surface area contributed by atoms with Gasteiger partial charge in [0.2, 0.25) is 0 Å². The highest BCUT2D eigenvalue weighted by molar-refractivity contribution is 7.99. The summed E-state index contributed by atoms with van der Waals surface area (Å²) in [5, 5.41) is 16.1. The van der Waals surface area contributed by atoms with E-state index in [0.29, 0.717) is 29.7 Å². The lowest BCUT2D eigenvalue weighted by Crippen LogP contribution is -2.46. The normalized spacial score (nSPS) is 16.3. The Labute approximate surface area is 349 Å². The first-order valence-electron chi connectivity index (χ1n) is 19.5. The quantitative estimate of drug-likeness (QED) is 0.0598. The molecule has 2 aliphatic rings. The van der Waals surface area contributed by atoms with Crippen molar-refractivity contribution in [1.29, 1.82) is 0 Å². The van der Waals surface area contributed by atoms with Gasteiger partial charge in [-0.15, -0.1) is 11.8 Å². The molecule has 2 aliphatic heterocycles. The molecular formula is C42H49N9O6S2.